The van der Waals surface area contributed by atoms with Crippen molar-refractivity contribution in [3.05, 3.63) is 124 Å². The Morgan fingerprint density at radius 1 is 0.608 bits per heavy atom. The van der Waals surface area contributed by atoms with Gasteiger partial charge in [-0.15, -0.1) is 0 Å². The Morgan fingerprint density at radius 3 is 1.63 bits per heavy atom. The summed E-state index contributed by atoms with van der Waals surface area (Å²) in [5.41, 5.74) is 10.8. The van der Waals surface area contributed by atoms with Crippen molar-refractivity contribution in [3.8, 4) is 34.0 Å². The van der Waals surface area contributed by atoms with Crippen LogP contribution in [0, 0.1) is 0 Å². The number of nitrogens with one attached hydrogen (secondary N) is 1. The highest BCUT2D eigenvalue weighted by atomic mass is 35.5. The number of thioether (sulfide) groups is 2. The van der Waals surface area contributed by atoms with Crippen molar-refractivity contribution in [2.45, 2.75) is 24.2 Å². The minimum Gasteiger partial charge on any atom is -0.495 e. The fourth-order valence-electron chi connectivity index (χ4n) is 4.36. The van der Waals surface area contributed by atoms with Crippen LogP contribution in [0.25, 0.3) is 22.5 Å². The molecule has 0 saturated carbocycles. The van der Waals surface area contributed by atoms with Crippen LogP contribution in [0.5, 0.6) is 11.5 Å². The van der Waals surface area contributed by atoms with Crippen LogP contribution in [0.15, 0.2) is 120 Å². The molecule has 264 valence electrons. The zero-order valence-electron chi connectivity index (χ0n) is 28.4. The Labute approximate surface area is 322 Å². The van der Waals surface area contributed by atoms with E-state index < -0.39 is 0 Å². The molecule has 0 radical (unpaired) electrons. The quantitative estimate of drug-likeness (QED) is 0.0604. The highest BCUT2D eigenvalue weighted by Crippen LogP contribution is 2.31. The highest BCUT2D eigenvalue weighted by molar-refractivity contribution is 7.99. The maximum absolute atomic E-state index is 6.20. The zero-order chi connectivity index (χ0) is 36.6. The van der Waals surface area contributed by atoms with Crippen molar-refractivity contribution >= 4 is 75.5 Å². The van der Waals surface area contributed by atoms with Crippen LogP contribution in [0.4, 0.5) is 17.2 Å². The summed E-state index contributed by atoms with van der Waals surface area (Å²) < 4.78 is 10.1. The molecule has 0 aliphatic carbocycles. The van der Waals surface area contributed by atoms with Crippen molar-refractivity contribution in [2.24, 2.45) is 0 Å². The van der Waals surface area contributed by atoms with E-state index in [2.05, 4.69) is 39.1 Å². The number of rotatable bonds is 10. The van der Waals surface area contributed by atoms with Crippen molar-refractivity contribution in [2.75, 3.05) is 36.8 Å². The second kappa shape index (κ2) is 20.6. The van der Waals surface area contributed by atoms with Gasteiger partial charge in [0.25, 0.3) is 0 Å². The largest absolute Gasteiger partial charge is 0.495 e. The van der Waals surface area contributed by atoms with E-state index in [1.165, 1.54) is 0 Å². The molecule has 51 heavy (non-hydrogen) atoms. The fraction of sp³-hybridized carbons (Fsp3) is 0.158. The van der Waals surface area contributed by atoms with Crippen molar-refractivity contribution in [1.82, 2.24) is 19.9 Å². The lowest BCUT2D eigenvalue weighted by atomic mass is 10.1. The average molecular weight is 780 g/mol. The van der Waals surface area contributed by atoms with E-state index in [1.807, 2.05) is 84.9 Å². The molecule has 0 aliphatic heterocycles. The molecule has 6 rings (SSSR count). The summed E-state index contributed by atoms with van der Waals surface area (Å²) in [4.78, 5) is 17.9. The Balaban J connectivity index is 0.000000191. The van der Waals surface area contributed by atoms with Crippen LogP contribution in [-0.4, -0.2) is 45.7 Å². The van der Waals surface area contributed by atoms with Gasteiger partial charge in [0, 0.05) is 34.6 Å². The van der Waals surface area contributed by atoms with Gasteiger partial charge in [0.05, 0.1) is 35.7 Å². The molecule has 4 aromatic carbocycles. The molecular formula is C38H37Cl3N6O2S2. The number of benzene rings is 4. The van der Waals surface area contributed by atoms with Gasteiger partial charge in [-0.1, -0.05) is 133 Å². The van der Waals surface area contributed by atoms with E-state index in [-0.39, 0.29) is 0 Å². The Hall–Kier alpha value is -4.19. The first-order chi connectivity index (χ1) is 24.7. The van der Waals surface area contributed by atoms with Crippen LogP contribution in [0.2, 0.25) is 15.2 Å². The smallest absolute Gasteiger partial charge is 0.190 e. The van der Waals surface area contributed by atoms with Gasteiger partial charge in [0.1, 0.15) is 22.5 Å². The molecule has 8 nitrogen and oxygen atoms in total. The maximum atomic E-state index is 6.20. The van der Waals surface area contributed by atoms with Crippen LogP contribution in [0.3, 0.4) is 0 Å². The average Bonchev–Trinajstić information content (AvgIpc) is 3.13. The van der Waals surface area contributed by atoms with Gasteiger partial charge in [-0.25, -0.2) is 19.9 Å². The standard InChI is InChI=1S/C19H18ClN3OS.C12H11ClN2S.C7H8ClNO/c1-3-25-19-22-16(13-7-5-4-6-8-13)12-18(23-19)21-14-9-10-17(24-2)15(20)11-14;1-2-16-12-14-10(8-11(13)15-12)9-6-4-3-5-7-9;1-10-7-3-2-5(9)4-6(7)8/h4-12H,3H2,1-2H3,(H,21,22,23);3-8H,2H2,1H3;2-4H,9H2,1H3. The summed E-state index contributed by atoms with van der Waals surface area (Å²) in [6.45, 7) is 4.15. The van der Waals surface area contributed by atoms with Crippen LogP contribution < -0.4 is 20.5 Å². The summed E-state index contributed by atoms with van der Waals surface area (Å²) in [5.74, 6) is 3.87. The molecule has 0 amide bonds. The minimum atomic E-state index is 0.491. The molecule has 0 fully saturated rings. The number of hydrogen-bond donors (Lipinski definition) is 2. The van der Waals surface area contributed by atoms with Crippen LogP contribution >= 0.6 is 58.3 Å². The summed E-state index contributed by atoms with van der Waals surface area (Å²) >= 11 is 21.1. The Bertz CT molecular complexity index is 1990. The lowest BCUT2D eigenvalue weighted by molar-refractivity contribution is 0.415. The second-order valence-corrected chi connectivity index (χ2v) is 13.9. The molecule has 0 bridgehead atoms. The second-order valence-electron chi connectivity index (χ2n) is 10.2. The van der Waals surface area contributed by atoms with E-state index in [0.717, 1.165) is 55.8 Å². The third-order valence-corrected chi connectivity index (χ3v) is 8.91. The number of halogens is 3. The molecule has 0 spiro atoms. The fourth-order valence-corrected chi connectivity index (χ4v) is 6.29. The predicted octanol–water partition coefficient (Wildman–Crippen LogP) is 11.5. The number of hydrogen-bond acceptors (Lipinski definition) is 10. The first kappa shape index (κ1) is 39.6. The number of aromatic nitrogens is 4. The predicted molar refractivity (Wildman–Crippen MR) is 216 cm³/mol. The Morgan fingerprint density at radius 2 is 1.12 bits per heavy atom. The number of nitrogen functional groups attached to an aromatic ring is 1. The molecule has 0 atom stereocenters. The van der Waals surface area contributed by atoms with Crippen molar-refractivity contribution < 1.29 is 9.47 Å². The minimum absolute atomic E-state index is 0.491. The third-order valence-electron chi connectivity index (χ3n) is 6.67. The SMILES string of the molecule is CCSc1nc(Cl)cc(-c2ccccc2)n1.CCSc1nc(Nc2ccc(OC)c(Cl)c2)cc(-c2ccccc2)n1.COc1ccc(N)cc1Cl. The number of anilines is 3. The third kappa shape index (κ3) is 12.5. The van der Waals surface area contributed by atoms with Gasteiger partial charge < -0.3 is 20.5 Å². The van der Waals surface area contributed by atoms with Gasteiger partial charge >= 0.3 is 0 Å². The lowest BCUT2D eigenvalue weighted by Crippen LogP contribution is -1.99. The normalized spacial score (nSPS) is 10.3. The molecule has 2 heterocycles. The molecule has 2 aromatic heterocycles. The molecule has 0 aliphatic rings. The van der Waals surface area contributed by atoms with E-state index in [9.17, 15) is 0 Å². The molecule has 13 heteroatoms. The number of ether oxygens (including phenoxy) is 2. The monoisotopic (exact) mass is 778 g/mol. The van der Waals surface area contributed by atoms with E-state index in [0.29, 0.717) is 32.4 Å². The highest BCUT2D eigenvalue weighted by Gasteiger charge is 2.09. The summed E-state index contributed by atoms with van der Waals surface area (Å²) in [7, 11) is 3.16. The lowest BCUT2D eigenvalue weighted by Gasteiger charge is -2.11. The first-order valence-corrected chi connectivity index (χ1v) is 18.8. The summed E-state index contributed by atoms with van der Waals surface area (Å²) in [6, 6.07) is 34.4. The van der Waals surface area contributed by atoms with E-state index in [1.54, 1.807) is 62.0 Å². The molecule has 0 saturated heterocycles. The number of nitrogens with zero attached hydrogens (tertiary/aromatic N) is 4. The molecular weight excluding hydrogens is 743 g/mol. The Kier molecular flexibility index (Phi) is 16.0. The van der Waals surface area contributed by atoms with Crippen LogP contribution in [0.1, 0.15) is 13.8 Å². The first-order valence-electron chi connectivity index (χ1n) is 15.7. The van der Waals surface area contributed by atoms with E-state index >= 15 is 0 Å². The summed E-state index contributed by atoms with van der Waals surface area (Å²) in [6.07, 6.45) is 0. The van der Waals surface area contributed by atoms with Gasteiger partial charge in [0.2, 0.25) is 0 Å². The van der Waals surface area contributed by atoms with Gasteiger partial charge in [-0.05, 0) is 47.9 Å². The number of methoxy groups -OCH3 is 2. The van der Waals surface area contributed by atoms with Gasteiger partial charge in [-0.2, -0.15) is 0 Å². The maximum Gasteiger partial charge on any atom is 0.190 e. The molecule has 6 aromatic rings. The van der Waals surface area contributed by atoms with E-state index in [4.69, 9.17) is 50.0 Å². The van der Waals surface area contributed by atoms with Crippen LogP contribution in [-0.2, 0) is 0 Å². The number of nitrogens with two attached hydrogens (primary N) is 1. The summed E-state index contributed by atoms with van der Waals surface area (Å²) in [5, 5.41) is 6.36. The molecule has 3 N–H and O–H groups in total. The van der Waals surface area contributed by atoms with Crippen molar-refractivity contribution in [1.29, 1.82) is 0 Å². The van der Waals surface area contributed by atoms with Gasteiger partial charge in [0.15, 0.2) is 10.3 Å². The van der Waals surface area contributed by atoms with Crippen molar-refractivity contribution in [3.63, 3.8) is 0 Å². The van der Waals surface area contributed by atoms with Gasteiger partial charge in [-0.3, -0.25) is 0 Å². The zero-order valence-corrected chi connectivity index (χ0v) is 32.3. The topological polar surface area (TPSA) is 108 Å². The molecule has 0 unspecified atom stereocenters.